The van der Waals surface area contributed by atoms with Crippen molar-refractivity contribution in [3.63, 3.8) is 0 Å². The molecule has 2 heterocycles. The highest BCUT2D eigenvalue weighted by molar-refractivity contribution is 5.77. The Labute approximate surface area is 132 Å². The normalized spacial score (nSPS) is 20.3. The number of ether oxygens (including phenoxy) is 1. The number of hydrogen-bond donors (Lipinski definition) is 0. The zero-order chi connectivity index (χ0) is 16.4. The summed E-state index contributed by atoms with van der Waals surface area (Å²) in [6.07, 6.45) is 2.66. The predicted molar refractivity (Wildman–Crippen MR) is 75.8 cm³/mol. The van der Waals surface area contributed by atoms with E-state index in [1.54, 1.807) is 4.57 Å². The van der Waals surface area contributed by atoms with Crippen LogP contribution in [0.2, 0.25) is 0 Å². The van der Waals surface area contributed by atoms with Gasteiger partial charge in [0.05, 0.1) is 12.0 Å². The molecule has 5 nitrogen and oxygen atoms in total. The monoisotopic (exact) mass is 331 g/mol. The lowest BCUT2D eigenvalue weighted by Crippen LogP contribution is -2.37. The third-order valence-electron chi connectivity index (χ3n) is 4.60. The predicted octanol–water partition coefficient (Wildman–Crippen LogP) is 2.75. The van der Waals surface area contributed by atoms with Crippen molar-refractivity contribution in [3.05, 3.63) is 12.0 Å². The van der Waals surface area contributed by atoms with Gasteiger partial charge in [-0.3, -0.25) is 4.90 Å². The molecule has 0 saturated heterocycles. The molecule has 128 valence electrons. The number of hydrogen-bond acceptors (Lipinski definition) is 4. The zero-order valence-corrected chi connectivity index (χ0v) is 12.8. The number of nitrogens with zero attached hydrogens (tertiary/aromatic N) is 3. The molecule has 2 aliphatic rings. The van der Waals surface area contributed by atoms with Gasteiger partial charge in [-0.25, -0.2) is 9.78 Å². The Bertz CT molecular complexity index is 565. The minimum absolute atomic E-state index is 0.222. The van der Waals surface area contributed by atoms with E-state index in [-0.39, 0.29) is 5.88 Å². The topological polar surface area (TPSA) is 47.4 Å². The third kappa shape index (κ3) is 3.85. The number of carbonyl (C=O) groups excluding carboxylic acids is 1. The molecular weight excluding hydrogens is 311 g/mol. The number of alkyl halides is 3. The lowest BCUT2D eigenvalue weighted by Gasteiger charge is -2.32. The molecule has 0 spiro atoms. The highest BCUT2D eigenvalue weighted by Gasteiger charge is 2.42. The molecule has 1 fully saturated rings. The van der Waals surface area contributed by atoms with Crippen LogP contribution in [-0.4, -0.2) is 39.7 Å². The summed E-state index contributed by atoms with van der Waals surface area (Å²) in [7, 11) is 0. The van der Waals surface area contributed by atoms with E-state index >= 15 is 0 Å². The Morgan fingerprint density at radius 1 is 1.26 bits per heavy atom. The highest BCUT2D eigenvalue weighted by Crippen LogP contribution is 2.28. The van der Waals surface area contributed by atoms with Crippen molar-refractivity contribution < 1.29 is 22.7 Å². The lowest BCUT2D eigenvalue weighted by atomic mass is 9.89. The smallest absolute Gasteiger partial charge is 0.399 e. The van der Waals surface area contributed by atoms with E-state index < -0.39 is 12.1 Å². The Balaban J connectivity index is 1.65. The van der Waals surface area contributed by atoms with Gasteiger partial charge in [-0.05, 0) is 18.8 Å². The van der Waals surface area contributed by atoms with Gasteiger partial charge in [0.15, 0.2) is 0 Å². The average Bonchev–Trinajstić information content (AvgIpc) is 2.90. The first-order chi connectivity index (χ1) is 10.9. The van der Waals surface area contributed by atoms with Crippen LogP contribution in [0.25, 0.3) is 0 Å². The number of rotatable bonds is 3. The molecule has 0 radical (unpaired) electrons. The van der Waals surface area contributed by atoms with Crippen LogP contribution >= 0.6 is 0 Å². The largest absolute Gasteiger partial charge is 0.491 e. The minimum Gasteiger partial charge on any atom is -0.399 e. The number of carbonyl (C=O) groups is 1. The summed E-state index contributed by atoms with van der Waals surface area (Å²) >= 11 is 0. The van der Waals surface area contributed by atoms with Crippen molar-refractivity contribution in [2.75, 3.05) is 13.1 Å². The summed E-state index contributed by atoms with van der Waals surface area (Å²) in [5, 5.41) is 0. The Kier molecular flexibility index (Phi) is 4.61. The molecule has 0 aromatic carbocycles. The van der Waals surface area contributed by atoms with Crippen LogP contribution in [0, 0.1) is 5.92 Å². The number of esters is 1. The summed E-state index contributed by atoms with van der Waals surface area (Å²) in [5.41, 5.74) is 0.546. The molecule has 1 saturated carbocycles. The van der Waals surface area contributed by atoms with Crippen LogP contribution in [0.5, 0.6) is 5.88 Å². The first-order valence-electron chi connectivity index (χ1n) is 7.99. The van der Waals surface area contributed by atoms with Gasteiger partial charge in [-0.1, -0.05) is 19.3 Å². The molecular formula is C15H20F3N3O2. The van der Waals surface area contributed by atoms with Gasteiger partial charge in [-0.2, -0.15) is 13.2 Å². The van der Waals surface area contributed by atoms with Crippen LogP contribution < -0.4 is 4.74 Å². The second-order valence-electron chi connectivity index (χ2n) is 6.32. The van der Waals surface area contributed by atoms with E-state index in [0.29, 0.717) is 24.7 Å². The second-order valence-corrected chi connectivity index (χ2v) is 6.32. The fourth-order valence-electron chi connectivity index (χ4n) is 3.40. The molecule has 1 aromatic heterocycles. The Morgan fingerprint density at radius 2 is 2.00 bits per heavy atom. The maximum absolute atomic E-state index is 12.3. The number of aromatic nitrogens is 2. The van der Waals surface area contributed by atoms with Crippen molar-refractivity contribution in [2.24, 2.45) is 5.92 Å². The summed E-state index contributed by atoms with van der Waals surface area (Å²) in [6.45, 7) is 2.90. The van der Waals surface area contributed by atoms with E-state index in [0.717, 1.165) is 13.1 Å². The van der Waals surface area contributed by atoms with E-state index in [2.05, 4.69) is 14.6 Å². The molecule has 0 amide bonds. The molecule has 0 N–H and O–H groups in total. The molecule has 1 aliphatic carbocycles. The Hall–Kier alpha value is -1.57. The molecule has 0 bridgehead atoms. The summed E-state index contributed by atoms with van der Waals surface area (Å²) in [4.78, 5) is 17.1. The number of imidazole rings is 1. The lowest BCUT2D eigenvalue weighted by molar-refractivity contribution is -0.190. The molecule has 23 heavy (non-hydrogen) atoms. The number of fused-ring (bicyclic) bond motifs is 1. The van der Waals surface area contributed by atoms with Gasteiger partial charge in [-0.15, -0.1) is 0 Å². The molecule has 3 rings (SSSR count). The van der Waals surface area contributed by atoms with Crippen LogP contribution in [0.4, 0.5) is 13.2 Å². The van der Waals surface area contributed by atoms with Crippen molar-refractivity contribution in [1.29, 1.82) is 0 Å². The average molecular weight is 331 g/mol. The van der Waals surface area contributed by atoms with E-state index in [1.165, 1.54) is 38.4 Å². The van der Waals surface area contributed by atoms with E-state index in [9.17, 15) is 18.0 Å². The highest BCUT2D eigenvalue weighted by atomic mass is 19.4. The van der Waals surface area contributed by atoms with Crippen molar-refractivity contribution in [3.8, 4) is 5.88 Å². The van der Waals surface area contributed by atoms with E-state index in [1.807, 2.05) is 0 Å². The maximum atomic E-state index is 12.3. The third-order valence-corrected chi connectivity index (χ3v) is 4.60. The van der Waals surface area contributed by atoms with E-state index in [4.69, 9.17) is 0 Å². The first-order valence-corrected chi connectivity index (χ1v) is 7.99. The van der Waals surface area contributed by atoms with Gasteiger partial charge >= 0.3 is 12.1 Å². The molecule has 0 atom stereocenters. The van der Waals surface area contributed by atoms with Crippen LogP contribution in [-0.2, 0) is 17.9 Å². The van der Waals surface area contributed by atoms with Gasteiger partial charge in [0.2, 0.25) is 5.88 Å². The van der Waals surface area contributed by atoms with Gasteiger partial charge in [0.1, 0.15) is 0 Å². The van der Waals surface area contributed by atoms with Crippen molar-refractivity contribution in [2.45, 2.75) is 51.4 Å². The summed E-state index contributed by atoms with van der Waals surface area (Å²) < 4.78 is 43.2. The molecule has 1 aromatic rings. The first kappa shape index (κ1) is 16.3. The van der Waals surface area contributed by atoms with Crippen LogP contribution in [0.3, 0.4) is 0 Å². The zero-order valence-electron chi connectivity index (χ0n) is 12.8. The number of halogens is 3. The van der Waals surface area contributed by atoms with Gasteiger partial charge in [0, 0.05) is 26.2 Å². The SMILES string of the molecule is O=C(Oc1ncn2c1CN(CC1CCCCC1)CC2)C(F)(F)F. The Morgan fingerprint density at radius 3 is 2.70 bits per heavy atom. The fourth-order valence-corrected chi connectivity index (χ4v) is 3.40. The maximum Gasteiger partial charge on any atom is 0.491 e. The molecule has 0 unspecified atom stereocenters. The van der Waals surface area contributed by atoms with Crippen LogP contribution in [0.1, 0.15) is 37.8 Å². The standard InChI is InChI=1S/C15H20F3N3O2/c16-15(17,18)14(22)23-13-12-9-20(6-7-21(12)10-19-13)8-11-4-2-1-3-5-11/h10-11H,1-9H2. The molecule has 1 aliphatic heterocycles. The summed E-state index contributed by atoms with van der Waals surface area (Å²) in [5.74, 6) is -1.79. The van der Waals surface area contributed by atoms with Crippen LogP contribution in [0.15, 0.2) is 6.33 Å². The fraction of sp³-hybridized carbons (Fsp3) is 0.733. The van der Waals surface area contributed by atoms with Crippen molar-refractivity contribution >= 4 is 5.97 Å². The minimum atomic E-state index is -5.01. The summed E-state index contributed by atoms with van der Waals surface area (Å²) in [6, 6.07) is 0. The molecule has 8 heteroatoms. The second kappa shape index (κ2) is 6.51. The van der Waals surface area contributed by atoms with Gasteiger partial charge < -0.3 is 9.30 Å². The quantitative estimate of drug-likeness (QED) is 0.799. The van der Waals surface area contributed by atoms with Crippen molar-refractivity contribution in [1.82, 2.24) is 14.5 Å². The van der Waals surface area contributed by atoms with Gasteiger partial charge in [0.25, 0.3) is 0 Å².